The van der Waals surface area contributed by atoms with Gasteiger partial charge in [-0.05, 0) is 47.9 Å². The zero-order chi connectivity index (χ0) is 15.6. The van der Waals surface area contributed by atoms with Gasteiger partial charge in [0.15, 0.2) is 0 Å². The Hall–Kier alpha value is -1.15. The number of aromatic nitrogens is 1. The van der Waals surface area contributed by atoms with Gasteiger partial charge in [-0.2, -0.15) is 0 Å². The summed E-state index contributed by atoms with van der Waals surface area (Å²) in [4.78, 5) is 18.0. The maximum atomic E-state index is 11.9. The van der Waals surface area contributed by atoms with Crippen LogP contribution < -0.4 is 10.1 Å². The van der Waals surface area contributed by atoms with Crippen molar-refractivity contribution in [2.75, 3.05) is 32.8 Å². The van der Waals surface area contributed by atoms with Gasteiger partial charge in [-0.3, -0.25) is 4.79 Å². The highest BCUT2D eigenvalue weighted by molar-refractivity contribution is 14.1. The van der Waals surface area contributed by atoms with Crippen molar-refractivity contribution in [3.8, 4) is 5.88 Å². The average Bonchev–Trinajstić information content (AvgIpc) is 2.56. The minimum absolute atomic E-state index is 0.126. The fourth-order valence-corrected chi connectivity index (χ4v) is 2.56. The largest absolute Gasteiger partial charge is 0.476 e. The van der Waals surface area contributed by atoms with Gasteiger partial charge in [0.05, 0.1) is 0 Å². The fraction of sp³-hybridized carbons (Fsp3) is 0.500. The predicted octanol–water partition coefficient (Wildman–Crippen LogP) is 2.22. The van der Waals surface area contributed by atoms with Crippen LogP contribution in [-0.2, 0) is 4.79 Å². The number of carbonyl (C=O) groups excluding carboxylic acids is 1. The standard InChI is InChI=1S/C16H22IN3O2/c17-14-6-7-15(19-13-14)22-12-9-18-8-4-5-16(21)20-10-2-1-3-11-20/h4-7,13,18H,1-3,8-12H2/b5-4+. The molecule has 1 amide bonds. The molecule has 22 heavy (non-hydrogen) atoms. The predicted molar refractivity (Wildman–Crippen MR) is 94.9 cm³/mol. The van der Waals surface area contributed by atoms with Crippen molar-refractivity contribution in [3.63, 3.8) is 0 Å². The van der Waals surface area contributed by atoms with Crippen LogP contribution in [0.4, 0.5) is 0 Å². The van der Waals surface area contributed by atoms with Crippen LogP contribution in [0.1, 0.15) is 19.3 Å². The molecule has 1 aromatic heterocycles. The highest BCUT2D eigenvalue weighted by Crippen LogP contribution is 2.09. The number of carbonyl (C=O) groups is 1. The van der Waals surface area contributed by atoms with E-state index in [-0.39, 0.29) is 5.91 Å². The second-order valence-corrected chi connectivity index (χ2v) is 6.40. The molecule has 1 aliphatic rings. The Bertz CT molecular complexity index is 485. The summed E-state index contributed by atoms with van der Waals surface area (Å²) in [5.74, 6) is 0.763. The van der Waals surface area contributed by atoms with E-state index in [1.807, 2.05) is 23.1 Å². The highest BCUT2D eigenvalue weighted by atomic mass is 127. The van der Waals surface area contributed by atoms with Gasteiger partial charge in [0.1, 0.15) is 6.61 Å². The first-order valence-corrected chi connectivity index (χ1v) is 8.74. The molecule has 0 saturated carbocycles. The van der Waals surface area contributed by atoms with Crippen molar-refractivity contribution in [1.29, 1.82) is 0 Å². The van der Waals surface area contributed by atoms with Crippen molar-refractivity contribution < 1.29 is 9.53 Å². The Morgan fingerprint density at radius 1 is 1.36 bits per heavy atom. The van der Waals surface area contributed by atoms with Crippen molar-refractivity contribution in [2.24, 2.45) is 0 Å². The maximum Gasteiger partial charge on any atom is 0.246 e. The van der Waals surface area contributed by atoms with E-state index >= 15 is 0 Å². The lowest BCUT2D eigenvalue weighted by atomic mass is 10.1. The van der Waals surface area contributed by atoms with Crippen LogP contribution >= 0.6 is 22.6 Å². The molecule has 0 aromatic carbocycles. The summed E-state index contributed by atoms with van der Waals surface area (Å²) in [6.45, 7) is 3.74. The van der Waals surface area contributed by atoms with Crippen molar-refractivity contribution in [1.82, 2.24) is 15.2 Å². The number of piperidine rings is 1. The van der Waals surface area contributed by atoms with Crippen LogP contribution in [0.25, 0.3) is 0 Å². The van der Waals surface area contributed by atoms with Crippen LogP contribution in [0.3, 0.4) is 0 Å². The number of likely N-dealkylation sites (tertiary alicyclic amines) is 1. The van der Waals surface area contributed by atoms with Gasteiger partial charge in [0.2, 0.25) is 11.8 Å². The molecule has 0 atom stereocenters. The molecule has 2 rings (SSSR count). The molecular weight excluding hydrogens is 393 g/mol. The number of rotatable bonds is 7. The molecule has 1 aliphatic heterocycles. The first kappa shape index (κ1) is 17.2. The number of hydrogen-bond donors (Lipinski definition) is 1. The summed E-state index contributed by atoms with van der Waals surface area (Å²) in [5, 5.41) is 3.21. The Balaban J connectivity index is 1.54. The van der Waals surface area contributed by atoms with E-state index in [1.54, 1.807) is 12.3 Å². The Labute approximate surface area is 145 Å². The third-order valence-electron chi connectivity index (χ3n) is 3.42. The molecule has 5 nitrogen and oxygen atoms in total. The molecule has 120 valence electrons. The molecule has 0 aliphatic carbocycles. The van der Waals surface area contributed by atoms with Crippen molar-refractivity contribution in [3.05, 3.63) is 34.1 Å². The lowest BCUT2D eigenvalue weighted by molar-refractivity contribution is -0.126. The van der Waals surface area contributed by atoms with Gasteiger partial charge in [0, 0.05) is 48.1 Å². The Morgan fingerprint density at radius 3 is 2.91 bits per heavy atom. The summed E-state index contributed by atoms with van der Waals surface area (Å²) >= 11 is 2.21. The number of pyridine rings is 1. The van der Waals surface area contributed by atoms with Crippen LogP contribution in [0.15, 0.2) is 30.5 Å². The zero-order valence-corrected chi connectivity index (χ0v) is 14.8. The van der Waals surface area contributed by atoms with Gasteiger partial charge in [0.25, 0.3) is 0 Å². The molecule has 1 fully saturated rings. The summed E-state index contributed by atoms with van der Waals surface area (Å²) < 4.78 is 6.60. The van der Waals surface area contributed by atoms with Gasteiger partial charge in [-0.1, -0.05) is 6.08 Å². The zero-order valence-electron chi connectivity index (χ0n) is 12.6. The molecule has 1 aromatic rings. The normalized spacial score (nSPS) is 15.2. The van der Waals surface area contributed by atoms with E-state index in [4.69, 9.17) is 4.74 Å². The quantitative estimate of drug-likeness (QED) is 0.422. The number of hydrogen-bond acceptors (Lipinski definition) is 4. The van der Waals surface area contributed by atoms with E-state index in [2.05, 4.69) is 32.9 Å². The molecular formula is C16H22IN3O2. The first-order valence-electron chi connectivity index (χ1n) is 7.66. The summed E-state index contributed by atoms with van der Waals surface area (Å²) in [6.07, 6.45) is 8.81. The van der Waals surface area contributed by atoms with Gasteiger partial charge in [-0.15, -0.1) is 0 Å². The van der Waals surface area contributed by atoms with E-state index in [1.165, 1.54) is 6.42 Å². The number of ether oxygens (including phenoxy) is 1. The molecule has 0 unspecified atom stereocenters. The summed E-state index contributed by atoms with van der Waals surface area (Å²) in [6, 6.07) is 3.82. The number of amides is 1. The lowest BCUT2D eigenvalue weighted by Gasteiger charge is -2.25. The summed E-state index contributed by atoms with van der Waals surface area (Å²) in [5.41, 5.74) is 0. The Kier molecular flexibility index (Phi) is 7.65. The van der Waals surface area contributed by atoms with Crippen molar-refractivity contribution >= 4 is 28.5 Å². The monoisotopic (exact) mass is 415 g/mol. The summed E-state index contributed by atoms with van der Waals surface area (Å²) in [7, 11) is 0. The van der Waals surface area contributed by atoms with E-state index in [0.29, 0.717) is 19.0 Å². The second kappa shape index (κ2) is 9.78. The van der Waals surface area contributed by atoms with Gasteiger partial charge < -0.3 is 15.0 Å². The third kappa shape index (κ3) is 6.31. The average molecular weight is 415 g/mol. The molecule has 0 spiro atoms. The van der Waals surface area contributed by atoms with Crippen LogP contribution in [0.5, 0.6) is 5.88 Å². The number of nitrogens with zero attached hydrogens (tertiary/aromatic N) is 2. The minimum atomic E-state index is 0.126. The molecule has 1 saturated heterocycles. The van der Waals surface area contributed by atoms with Crippen LogP contribution in [0.2, 0.25) is 0 Å². The van der Waals surface area contributed by atoms with Crippen molar-refractivity contribution in [2.45, 2.75) is 19.3 Å². The topological polar surface area (TPSA) is 54.5 Å². The number of nitrogens with one attached hydrogen (secondary N) is 1. The molecule has 0 bridgehead atoms. The fourth-order valence-electron chi connectivity index (χ4n) is 2.24. The molecule has 1 N–H and O–H groups in total. The molecule has 0 radical (unpaired) electrons. The minimum Gasteiger partial charge on any atom is -0.476 e. The van der Waals surface area contributed by atoms with E-state index < -0.39 is 0 Å². The van der Waals surface area contributed by atoms with E-state index in [0.717, 1.165) is 36.0 Å². The third-order valence-corrected chi connectivity index (χ3v) is 4.06. The first-order chi connectivity index (χ1) is 10.8. The van der Waals surface area contributed by atoms with Crippen LogP contribution in [-0.4, -0.2) is 48.6 Å². The number of halogens is 1. The Morgan fingerprint density at radius 2 is 2.18 bits per heavy atom. The second-order valence-electron chi connectivity index (χ2n) is 5.16. The van der Waals surface area contributed by atoms with E-state index in [9.17, 15) is 4.79 Å². The molecule has 2 heterocycles. The maximum absolute atomic E-state index is 11.9. The lowest BCUT2D eigenvalue weighted by Crippen LogP contribution is -2.34. The van der Waals surface area contributed by atoms with Gasteiger partial charge >= 0.3 is 0 Å². The smallest absolute Gasteiger partial charge is 0.246 e. The van der Waals surface area contributed by atoms with Crippen LogP contribution in [0, 0.1) is 3.57 Å². The highest BCUT2D eigenvalue weighted by Gasteiger charge is 2.13. The van der Waals surface area contributed by atoms with Gasteiger partial charge in [-0.25, -0.2) is 4.98 Å². The molecule has 6 heteroatoms. The SMILES string of the molecule is O=C(/C=C/CNCCOc1ccc(I)cn1)N1CCCCC1.